The van der Waals surface area contributed by atoms with Gasteiger partial charge in [-0.1, -0.05) is 30.3 Å². The summed E-state index contributed by atoms with van der Waals surface area (Å²) in [6.07, 6.45) is 1.77. The Kier molecular flexibility index (Phi) is 5.55. The number of nitrogens with zero attached hydrogens (tertiary/aromatic N) is 1. The molecule has 1 saturated heterocycles. The minimum absolute atomic E-state index is 0.0773. The Bertz CT molecular complexity index is 595. The largest absolute Gasteiger partial charge is 0.367 e. The minimum Gasteiger partial charge on any atom is -0.367 e. The average molecular weight is 326 g/mol. The van der Waals surface area contributed by atoms with Gasteiger partial charge in [0.1, 0.15) is 0 Å². The lowest BCUT2D eigenvalue weighted by molar-refractivity contribution is -0.143. The fourth-order valence-electron chi connectivity index (χ4n) is 2.69. The molecule has 0 spiro atoms. The van der Waals surface area contributed by atoms with E-state index in [0.29, 0.717) is 25.9 Å². The Labute approximate surface area is 131 Å². The van der Waals surface area contributed by atoms with Gasteiger partial charge in [-0.3, -0.25) is 4.79 Å². The molecule has 1 aromatic carbocycles. The first kappa shape index (κ1) is 16.9. The molecule has 1 amide bonds. The molecule has 7 heteroatoms. The van der Waals surface area contributed by atoms with E-state index in [0.717, 1.165) is 11.8 Å². The van der Waals surface area contributed by atoms with Crippen LogP contribution in [-0.4, -0.2) is 51.7 Å². The SMILES string of the molecule is CO[C@@H](C(=O)N1CCC(NS(C)(=O)=O)CC1)c1ccccc1. The smallest absolute Gasteiger partial charge is 0.256 e. The van der Waals surface area contributed by atoms with Gasteiger partial charge in [-0.25, -0.2) is 13.1 Å². The van der Waals surface area contributed by atoms with Crippen LogP contribution in [0.3, 0.4) is 0 Å². The van der Waals surface area contributed by atoms with Crippen LogP contribution >= 0.6 is 0 Å². The van der Waals surface area contributed by atoms with Crippen LogP contribution in [0.1, 0.15) is 24.5 Å². The molecule has 122 valence electrons. The molecule has 2 rings (SSSR count). The first-order chi connectivity index (χ1) is 10.4. The van der Waals surface area contributed by atoms with E-state index in [4.69, 9.17) is 4.74 Å². The molecule has 0 unspecified atom stereocenters. The zero-order chi connectivity index (χ0) is 16.2. The summed E-state index contributed by atoms with van der Waals surface area (Å²) in [5.41, 5.74) is 0.825. The number of sulfonamides is 1. The highest BCUT2D eigenvalue weighted by Crippen LogP contribution is 2.22. The fourth-order valence-corrected chi connectivity index (χ4v) is 3.53. The lowest BCUT2D eigenvalue weighted by Crippen LogP contribution is -2.47. The number of hydrogen-bond acceptors (Lipinski definition) is 4. The van der Waals surface area contributed by atoms with E-state index in [1.54, 1.807) is 4.90 Å². The molecular weight excluding hydrogens is 304 g/mol. The lowest BCUT2D eigenvalue weighted by atomic mass is 10.0. The van der Waals surface area contributed by atoms with Crippen LogP contribution in [0, 0.1) is 0 Å². The van der Waals surface area contributed by atoms with Crippen LogP contribution < -0.4 is 4.72 Å². The van der Waals surface area contributed by atoms with Gasteiger partial charge in [-0.15, -0.1) is 0 Å². The van der Waals surface area contributed by atoms with Crippen molar-refractivity contribution in [3.05, 3.63) is 35.9 Å². The average Bonchev–Trinajstić information content (AvgIpc) is 2.48. The number of carbonyl (C=O) groups is 1. The number of methoxy groups -OCH3 is 1. The maximum absolute atomic E-state index is 12.6. The number of nitrogens with one attached hydrogen (secondary N) is 1. The van der Waals surface area contributed by atoms with Crippen molar-refractivity contribution in [2.45, 2.75) is 25.0 Å². The molecule has 0 aliphatic carbocycles. The van der Waals surface area contributed by atoms with E-state index in [1.165, 1.54) is 7.11 Å². The van der Waals surface area contributed by atoms with Crippen molar-refractivity contribution in [1.82, 2.24) is 9.62 Å². The normalized spacial score (nSPS) is 18.2. The van der Waals surface area contributed by atoms with Gasteiger partial charge in [0.15, 0.2) is 6.10 Å². The van der Waals surface area contributed by atoms with Gasteiger partial charge in [-0.05, 0) is 18.4 Å². The van der Waals surface area contributed by atoms with Crippen molar-refractivity contribution in [2.24, 2.45) is 0 Å². The second kappa shape index (κ2) is 7.21. The second-order valence-corrected chi connectivity index (χ2v) is 7.30. The predicted molar refractivity (Wildman–Crippen MR) is 83.8 cm³/mol. The molecule has 1 atom stereocenters. The molecule has 1 heterocycles. The fraction of sp³-hybridized carbons (Fsp3) is 0.533. The molecule has 0 bridgehead atoms. The molecule has 6 nitrogen and oxygen atoms in total. The first-order valence-corrected chi connectivity index (χ1v) is 9.13. The van der Waals surface area contributed by atoms with E-state index in [9.17, 15) is 13.2 Å². The van der Waals surface area contributed by atoms with Gasteiger partial charge in [0.25, 0.3) is 5.91 Å². The third kappa shape index (κ3) is 4.53. The molecule has 1 aliphatic rings. The topological polar surface area (TPSA) is 75.7 Å². The van der Waals surface area contributed by atoms with Crippen LogP contribution in [0.15, 0.2) is 30.3 Å². The molecule has 1 aromatic rings. The van der Waals surface area contributed by atoms with E-state index in [1.807, 2.05) is 30.3 Å². The van der Waals surface area contributed by atoms with Crippen molar-refractivity contribution < 1.29 is 17.9 Å². The third-order valence-electron chi connectivity index (χ3n) is 3.75. The van der Waals surface area contributed by atoms with Crippen LogP contribution in [0.25, 0.3) is 0 Å². The molecule has 0 saturated carbocycles. The zero-order valence-corrected chi connectivity index (χ0v) is 13.7. The van der Waals surface area contributed by atoms with Crippen molar-refractivity contribution in [3.8, 4) is 0 Å². The Hall–Kier alpha value is -1.44. The maximum Gasteiger partial charge on any atom is 0.256 e. The Morgan fingerprint density at radius 1 is 1.27 bits per heavy atom. The number of likely N-dealkylation sites (tertiary alicyclic amines) is 1. The zero-order valence-electron chi connectivity index (χ0n) is 12.9. The number of benzene rings is 1. The number of hydrogen-bond donors (Lipinski definition) is 1. The number of rotatable bonds is 5. The molecule has 1 N–H and O–H groups in total. The van der Waals surface area contributed by atoms with E-state index in [2.05, 4.69) is 4.72 Å². The van der Waals surface area contributed by atoms with E-state index >= 15 is 0 Å². The summed E-state index contributed by atoms with van der Waals surface area (Å²) in [5.74, 6) is -0.0773. The standard InChI is InChI=1S/C15H22N2O4S/c1-21-14(12-6-4-3-5-7-12)15(18)17-10-8-13(9-11-17)16-22(2,19)20/h3-7,13-14,16H,8-11H2,1-2H3/t14-/m1/s1. The lowest BCUT2D eigenvalue weighted by Gasteiger charge is -2.34. The highest BCUT2D eigenvalue weighted by molar-refractivity contribution is 7.88. The second-order valence-electron chi connectivity index (χ2n) is 5.52. The number of ether oxygens (including phenoxy) is 1. The summed E-state index contributed by atoms with van der Waals surface area (Å²) in [5, 5.41) is 0. The van der Waals surface area contributed by atoms with Crippen LogP contribution in [0.4, 0.5) is 0 Å². The molecule has 22 heavy (non-hydrogen) atoms. The van der Waals surface area contributed by atoms with Gasteiger partial charge in [0.2, 0.25) is 10.0 Å². The summed E-state index contributed by atoms with van der Waals surface area (Å²) >= 11 is 0. The van der Waals surface area contributed by atoms with Gasteiger partial charge < -0.3 is 9.64 Å². The summed E-state index contributed by atoms with van der Waals surface area (Å²) in [6, 6.07) is 9.27. The molecule has 0 radical (unpaired) electrons. The summed E-state index contributed by atoms with van der Waals surface area (Å²) in [4.78, 5) is 14.3. The van der Waals surface area contributed by atoms with Crippen LogP contribution in [0.5, 0.6) is 0 Å². The predicted octanol–water partition coefficient (Wildman–Crippen LogP) is 0.914. The highest BCUT2D eigenvalue weighted by Gasteiger charge is 2.29. The molecular formula is C15H22N2O4S. The Morgan fingerprint density at radius 3 is 2.36 bits per heavy atom. The minimum atomic E-state index is -3.20. The quantitative estimate of drug-likeness (QED) is 0.873. The third-order valence-corrected chi connectivity index (χ3v) is 4.51. The Morgan fingerprint density at radius 2 is 1.86 bits per heavy atom. The van der Waals surface area contributed by atoms with Crippen molar-refractivity contribution in [3.63, 3.8) is 0 Å². The highest BCUT2D eigenvalue weighted by atomic mass is 32.2. The number of amides is 1. The molecule has 1 fully saturated rings. The molecule has 1 aliphatic heterocycles. The summed E-state index contributed by atoms with van der Waals surface area (Å²) in [7, 11) is -1.68. The Balaban J connectivity index is 1.97. The first-order valence-electron chi connectivity index (χ1n) is 7.24. The maximum atomic E-state index is 12.6. The van der Waals surface area contributed by atoms with Gasteiger partial charge >= 0.3 is 0 Å². The van der Waals surface area contributed by atoms with Gasteiger partial charge in [-0.2, -0.15) is 0 Å². The van der Waals surface area contributed by atoms with E-state index < -0.39 is 16.1 Å². The number of carbonyl (C=O) groups excluding carboxylic acids is 1. The molecule has 0 aromatic heterocycles. The number of piperidine rings is 1. The van der Waals surface area contributed by atoms with Crippen LogP contribution in [-0.2, 0) is 19.6 Å². The monoisotopic (exact) mass is 326 g/mol. The van der Waals surface area contributed by atoms with Crippen molar-refractivity contribution >= 4 is 15.9 Å². The van der Waals surface area contributed by atoms with Crippen LogP contribution in [0.2, 0.25) is 0 Å². The van der Waals surface area contributed by atoms with Gasteiger partial charge in [0.05, 0.1) is 6.26 Å². The van der Waals surface area contributed by atoms with E-state index in [-0.39, 0.29) is 11.9 Å². The summed E-state index contributed by atoms with van der Waals surface area (Å²) < 4.78 is 30.4. The van der Waals surface area contributed by atoms with Gasteiger partial charge in [0, 0.05) is 26.2 Å². The summed E-state index contributed by atoms with van der Waals surface area (Å²) in [6.45, 7) is 1.05. The van der Waals surface area contributed by atoms with Crippen molar-refractivity contribution in [1.29, 1.82) is 0 Å². The van der Waals surface area contributed by atoms with Crippen molar-refractivity contribution in [2.75, 3.05) is 26.5 Å².